The Morgan fingerprint density at radius 2 is 2.14 bits per heavy atom. The third-order valence-corrected chi connectivity index (χ3v) is 3.88. The van der Waals surface area contributed by atoms with Gasteiger partial charge in [0.1, 0.15) is 11.6 Å². The number of amides is 1. The maximum absolute atomic E-state index is 12.1. The fraction of sp³-hybridized carbons (Fsp3) is 0.0625. The number of carboxylic acid groups (broad SMARTS) is 1. The first kappa shape index (κ1) is 15.5. The summed E-state index contributed by atoms with van der Waals surface area (Å²) in [6.07, 6.45) is 1.52. The number of carboxylic acids is 1. The Bertz CT molecular complexity index is 800. The molecule has 1 heterocycles. The lowest BCUT2D eigenvalue weighted by molar-refractivity contribution is -0.112. The van der Waals surface area contributed by atoms with Crippen LogP contribution in [0, 0.1) is 18.3 Å². The number of anilines is 1. The average Bonchev–Trinajstić information content (AvgIpc) is 2.90. The van der Waals surface area contributed by atoms with Gasteiger partial charge in [0.15, 0.2) is 0 Å². The quantitative estimate of drug-likeness (QED) is 0.669. The number of aromatic carboxylic acids is 1. The van der Waals surface area contributed by atoms with Gasteiger partial charge in [0.2, 0.25) is 0 Å². The number of thiophene rings is 1. The first-order valence-electron chi connectivity index (χ1n) is 6.32. The van der Waals surface area contributed by atoms with Gasteiger partial charge in [-0.15, -0.1) is 11.3 Å². The van der Waals surface area contributed by atoms with Crippen LogP contribution in [0.25, 0.3) is 6.08 Å². The SMILES string of the molecule is Cc1ccsc1C=C(C#N)C(=O)Nc1cccc(C(=O)O)c1. The van der Waals surface area contributed by atoms with Gasteiger partial charge in [-0.25, -0.2) is 4.79 Å². The predicted molar refractivity (Wildman–Crippen MR) is 84.7 cm³/mol. The van der Waals surface area contributed by atoms with Crippen molar-refractivity contribution in [3.63, 3.8) is 0 Å². The predicted octanol–water partition coefficient (Wildman–Crippen LogP) is 3.30. The number of nitrogens with zero attached hydrogens (tertiary/aromatic N) is 1. The van der Waals surface area contributed by atoms with Crippen molar-refractivity contribution in [3.05, 3.63) is 57.3 Å². The zero-order chi connectivity index (χ0) is 16.1. The molecule has 0 fully saturated rings. The summed E-state index contributed by atoms with van der Waals surface area (Å²) in [4.78, 5) is 23.9. The molecule has 22 heavy (non-hydrogen) atoms. The van der Waals surface area contributed by atoms with Crippen LogP contribution in [-0.4, -0.2) is 17.0 Å². The van der Waals surface area contributed by atoms with Crippen molar-refractivity contribution in [2.75, 3.05) is 5.32 Å². The number of nitrogens with one attached hydrogen (secondary N) is 1. The molecule has 2 rings (SSSR count). The molecule has 0 atom stereocenters. The van der Waals surface area contributed by atoms with Gasteiger partial charge < -0.3 is 10.4 Å². The molecule has 6 heteroatoms. The Labute approximate surface area is 131 Å². The molecule has 0 bridgehead atoms. The van der Waals surface area contributed by atoms with E-state index in [4.69, 9.17) is 10.4 Å². The maximum atomic E-state index is 12.1. The molecule has 2 aromatic rings. The van der Waals surface area contributed by atoms with Crippen molar-refractivity contribution in [2.24, 2.45) is 0 Å². The van der Waals surface area contributed by atoms with Crippen LogP contribution in [-0.2, 0) is 4.79 Å². The van der Waals surface area contributed by atoms with Crippen LogP contribution in [0.3, 0.4) is 0 Å². The van der Waals surface area contributed by atoms with Gasteiger partial charge in [0.05, 0.1) is 5.56 Å². The van der Waals surface area contributed by atoms with Gasteiger partial charge in [0.25, 0.3) is 5.91 Å². The molecule has 5 nitrogen and oxygen atoms in total. The Kier molecular flexibility index (Phi) is 4.71. The van der Waals surface area contributed by atoms with Crippen LogP contribution in [0.15, 0.2) is 41.3 Å². The molecule has 0 saturated heterocycles. The van der Waals surface area contributed by atoms with Crippen LogP contribution in [0.4, 0.5) is 5.69 Å². The average molecular weight is 312 g/mol. The number of rotatable bonds is 4. The number of aryl methyl sites for hydroxylation is 1. The summed E-state index contributed by atoms with van der Waals surface area (Å²) in [6, 6.07) is 9.62. The van der Waals surface area contributed by atoms with Crippen molar-refractivity contribution < 1.29 is 14.7 Å². The van der Waals surface area contributed by atoms with E-state index < -0.39 is 11.9 Å². The monoisotopic (exact) mass is 312 g/mol. The first-order valence-corrected chi connectivity index (χ1v) is 7.20. The molecule has 0 saturated carbocycles. The number of nitriles is 1. The first-order chi connectivity index (χ1) is 10.5. The lowest BCUT2D eigenvalue weighted by atomic mass is 10.1. The number of hydrogen-bond donors (Lipinski definition) is 2. The van der Waals surface area contributed by atoms with Crippen molar-refractivity contribution in [2.45, 2.75) is 6.92 Å². The normalized spacial score (nSPS) is 10.8. The summed E-state index contributed by atoms with van der Waals surface area (Å²) in [5.74, 6) is -1.65. The zero-order valence-corrected chi connectivity index (χ0v) is 12.5. The fourth-order valence-electron chi connectivity index (χ4n) is 1.74. The van der Waals surface area contributed by atoms with Crippen LogP contribution < -0.4 is 5.32 Å². The van der Waals surface area contributed by atoms with E-state index in [9.17, 15) is 9.59 Å². The van der Waals surface area contributed by atoms with E-state index in [1.54, 1.807) is 6.07 Å². The molecule has 0 unspecified atom stereocenters. The van der Waals surface area contributed by atoms with E-state index in [1.807, 2.05) is 24.4 Å². The van der Waals surface area contributed by atoms with E-state index in [-0.39, 0.29) is 11.1 Å². The largest absolute Gasteiger partial charge is 0.478 e. The van der Waals surface area contributed by atoms with Gasteiger partial charge >= 0.3 is 5.97 Å². The van der Waals surface area contributed by atoms with Gasteiger partial charge in [-0.3, -0.25) is 4.79 Å². The summed E-state index contributed by atoms with van der Waals surface area (Å²) in [7, 11) is 0. The third kappa shape index (κ3) is 3.59. The van der Waals surface area contributed by atoms with Crippen molar-refractivity contribution in [1.29, 1.82) is 5.26 Å². The van der Waals surface area contributed by atoms with Crippen LogP contribution in [0.2, 0.25) is 0 Å². The second-order valence-corrected chi connectivity index (χ2v) is 5.43. The number of hydrogen-bond acceptors (Lipinski definition) is 4. The lowest BCUT2D eigenvalue weighted by Gasteiger charge is -2.05. The summed E-state index contributed by atoms with van der Waals surface area (Å²) in [5, 5.41) is 22.5. The molecule has 1 aromatic heterocycles. The second-order valence-electron chi connectivity index (χ2n) is 4.48. The Morgan fingerprint density at radius 1 is 1.36 bits per heavy atom. The van der Waals surface area contributed by atoms with Gasteiger partial charge in [-0.1, -0.05) is 6.07 Å². The Morgan fingerprint density at radius 3 is 2.73 bits per heavy atom. The van der Waals surface area contributed by atoms with E-state index in [0.717, 1.165) is 10.4 Å². The molecule has 0 aliphatic rings. The summed E-state index contributed by atoms with van der Waals surface area (Å²) in [6.45, 7) is 1.89. The van der Waals surface area contributed by atoms with Crippen LogP contribution >= 0.6 is 11.3 Å². The van der Waals surface area contributed by atoms with Gasteiger partial charge in [0, 0.05) is 10.6 Å². The van der Waals surface area contributed by atoms with E-state index in [2.05, 4.69) is 5.32 Å². The summed E-state index contributed by atoms with van der Waals surface area (Å²) >= 11 is 1.44. The fourth-order valence-corrected chi connectivity index (χ4v) is 2.60. The van der Waals surface area contributed by atoms with E-state index in [0.29, 0.717) is 5.69 Å². The standard InChI is InChI=1S/C16H12N2O3S/c1-10-5-6-22-14(10)8-12(9-17)15(19)18-13-4-2-3-11(7-13)16(20)21/h2-8H,1H3,(H,18,19)(H,20,21). The van der Waals surface area contributed by atoms with Crippen molar-refractivity contribution in [3.8, 4) is 6.07 Å². The second kappa shape index (κ2) is 6.70. The molecule has 110 valence electrons. The van der Waals surface area contributed by atoms with Gasteiger partial charge in [-0.2, -0.15) is 5.26 Å². The number of benzene rings is 1. The Hall–Kier alpha value is -2.91. The third-order valence-electron chi connectivity index (χ3n) is 2.91. The summed E-state index contributed by atoms with van der Waals surface area (Å²) < 4.78 is 0. The lowest BCUT2D eigenvalue weighted by Crippen LogP contribution is -2.13. The highest BCUT2D eigenvalue weighted by atomic mass is 32.1. The minimum Gasteiger partial charge on any atom is -0.478 e. The van der Waals surface area contributed by atoms with Crippen LogP contribution in [0.1, 0.15) is 20.8 Å². The minimum absolute atomic E-state index is 0.0359. The van der Waals surface area contributed by atoms with Crippen molar-refractivity contribution in [1.82, 2.24) is 0 Å². The van der Waals surface area contributed by atoms with Crippen molar-refractivity contribution >= 4 is 35.0 Å². The molecular formula is C16H12N2O3S. The van der Waals surface area contributed by atoms with E-state index in [1.165, 1.54) is 35.6 Å². The molecule has 1 amide bonds. The number of carbonyl (C=O) groups excluding carboxylic acids is 1. The highest BCUT2D eigenvalue weighted by Crippen LogP contribution is 2.20. The maximum Gasteiger partial charge on any atom is 0.335 e. The number of carbonyl (C=O) groups is 2. The van der Waals surface area contributed by atoms with E-state index >= 15 is 0 Å². The molecular weight excluding hydrogens is 300 g/mol. The highest BCUT2D eigenvalue weighted by Gasteiger charge is 2.12. The Balaban J connectivity index is 2.22. The molecule has 0 radical (unpaired) electrons. The molecule has 0 spiro atoms. The summed E-state index contributed by atoms with van der Waals surface area (Å²) in [5.41, 5.74) is 1.34. The molecule has 0 aliphatic carbocycles. The van der Waals surface area contributed by atoms with Gasteiger partial charge in [-0.05, 0) is 48.2 Å². The topological polar surface area (TPSA) is 90.2 Å². The minimum atomic E-state index is -1.08. The van der Waals surface area contributed by atoms with Crippen LogP contribution in [0.5, 0.6) is 0 Å². The molecule has 2 N–H and O–H groups in total. The molecule has 1 aromatic carbocycles. The zero-order valence-electron chi connectivity index (χ0n) is 11.7. The smallest absolute Gasteiger partial charge is 0.335 e. The molecule has 0 aliphatic heterocycles. The highest BCUT2D eigenvalue weighted by molar-refractivity contribution is 7.11.